The fourth-order valence-electron chi connectivity index (χ4n) is 9.84. The highest BCUT2D eigenvalue weighted by atomic mass is 19.1. The van der Waals surface area contributed by atoms with E-state index in [0.717, 1.165) is 49.1 Å². The van der Waals surface area contributed by atoms with Crippen molar-refractivity contribution in [3.63, 3.8) is 0 Å². The molecule has 0 bridgehead atoms. The van der Waals surface area contributed by atoms with Crippen LogP contribution in [-0.4, -0.2) is 4.98 Å². The molecule has 288 valence electrons. The zero-order valence-electron chi connectivity index (χ0n) is 32.9. The predicted molar refractivity (Wildman–Crippen MR) is 240 cm³/mol. The van der Waals surface area contributed by atoms with Gasteiger partial charge in [-0.2, -0.15) is 0 Å². The van der Waals surface area contributed by atoms with Crippen LogP contribution in [0.4, 0.5) is 4.39 Å². The van der Waals surface area contributed by atoms with Crippen molar-refractivity contribution in [2.45, 2.75) is 56.5 Å². The molecular formula is C54H45FN4. The zero-order chi connectivity index (χ0) is 39.3. The third kappa shape index (κ3) is 6.66. The predicted octanol–water partition coefficient (Wildman–Crippen LogP) is 12.0. The Morgan fingerprint density at radius 3 is 2.08 bits per heavy atom. The van der Waals surface area contributed by atoms with Gasteiger partial charge in [0.25, 0.3) is 0 Å². The number of allylic oxidation sites excluding steroid dienone is 6. The van der Waals surface area contributed by atoms with Gasteiger partial charge in [-0.1, -0.05) is 163 Å². The molecule has 1 fully saturated rings. The first-order valence-electron chi connectivity index (χ1n) is 21.1. The van der Waals surface area contributed by atoms with Crippen molar-refractivity contribution in [2.75, 3.05) is 0 Å². The molecule has 4 nitrogen and oxygen atoms in total. The second-order valence-electron chi connectivity index (χ2n) is 16.3. The highest BCUT2D eigenvalue weighted by Crippen LogP contribution is 2.46. The third-order valence-corrected chi connectivity index (χ3v) is 12.9. The monoisotopic (exact) mass is 768 g/mol. The minimum absolute atomic E-state index is 0.0119. The van der Waals surface area contributed by atoms with Crippen molar-refractivity contribution in [1.29, 1.82) is 0 Å². The number of benzene rings is 6. The summed E-state index contributed by atoms with van der Waals surface area (Å²) in [5, 5.41) is 16.6. The molecule has 11 rings (SSSR count). The van der Waals surface area contributed by atoms with E-state index in [-0.39, 0.29) is 30.2 Å². The lowest BCUT2D eigenvalue weighted by atomic mass is 9.79. The number of quaternary nitrogens is 1. The second-order valence-corrected chi connectivity index (χ2v) is 16.3. The molecule has 4 aliphatic rings. The van der Waals surface area contributed by atoms with Crippen molar-refractivity contribution < 1.29 is 9.71 Å². The van der Waals surface area contributed by atoms with Crippen molar-refractivity contribution in [2.24, 2.45) is 0 Å². The molecule has 59 heavy (non-hydrogen) atoms. The summed E-state index contributed by atoms with van der Waals surface area (Å²) in [6.45, 7) is 0. The average molecular weight is 769 g/mol. The number of nitrogens with zero attached hydrogens (tertiary/aromatic N) is 2. The molecular weight excluding hydrogens is 724 g/mol. The van der Waals surface area contributed by atoms with E-state index in [1.807, 2.05) is 12.1 Å². The molecule has 1 aliphatic heterocycles. The SMILES string of the molecule is Fc1ccc(C2=CC=C(c3nc4c(c5c6c(c7ccccc7c35)CCC=C6)C=CC(c3ccc(C5NC(c6ccccc6)[N-]C(c6ccccc6)[NH2+]5)cc3)C4)CC2)cc1. The number of aryl methyl sites for hydroxylation is 1. The van der Waals surface area contributed by atoms with E-state index in [1.165, 1.54) is 71.6 Å². The van der Waals surface area contributed by atoms with Crippen LogP contribution in [0.25, 0.3) is 50.2 Å². The smallest absolute Gasteiger partial charge is 0.164 e. The van der Waals surface area contributed by atoms with Crippen molar-refractivity contribution in [3.8, 4) is 0 Å². The molecule has 0 spiro atoms. The molecule has 0 saturated carbocycles. The molecule has 3 aliphatic carbocycles. The van der Waals surface area contributed by atoms with Gasteiger partial charge in [0.2, 0.25) is 0 Å². The maximum absolute atomic E-state index is 13.8. The Morgan fingerprint density at radius 2 is 1.32 bits per heavy atom. The fourth-order valence-corrected chi connectivity index (χ4v) is 9.84. The summed E-state index contributed by atoms with van der Waals surface area (Å²) in [6, 6.07) is 46.2. The highest BCUT2D eigenvalue weighted by molar-refractivity contribution is 6.18. The van der Waals surface area contributed by atoms with Gasteiger partial charge in [0.05, 0.1) is 5.69 Å². The Bertz CT molecular complexity index is 2790. The summed E-state index contributed by atoms with van der Waals surface area (Å²) >= 11 is 0. The van der Waals surface area contributed by atoms with E-state index in [2.05, 4.69) is 156 Å². The quantitative estimate of drug-likeness (QED) is 0.166. The molecule has 1 aromatic heterocycles. The number of rotatable bonds is 6. The summed E-state index contributed by atoms with van der Waals surface area (Å²) in [5.41, 5.74) is 14.8. The Hall–Kier alpha value is -6.24. The van der Waals surface area contributed by atoms with Crippen LogP contribution in [0.1, 0.15) is 99.6 Å². The van der Waals surface area contributed by atoms with Gasteiger partial charge in [-0.25, -0.2) is 4.39 Å². The third-order valence-electron chi connectivity index (χ3n) is 12.9. The van der Waals surface area contributed by atoms with E-state index >= 15 is 0 Å². The first kappa shape index (κ1) is 35.9. The van der Waals surface area contributed by atoms with Gasteiger partial charge >= 0.3 is 0 Å². The number of hydrogen-bond donors (Lipinski definition) is 2. The summed E-state index contributed by atoms with van der Waals surface area (Å²) in [6.07, 6.45) is 18.6. The van der Waals surface area contributed by atoms with Crippen LogP contribution in [0.5, 0.6) is 0 Å². The largest absolute Gasteiger partial charge is 0.587 e. The summed E-state index contributed by atoms with van der Waals surface area (Å²) in [7, 11) is 0. The lowest BCUT2D eigenvalue weighted by Crippen LogP contribution is -2.91. The van der Waals surface area contributed by atoms with Crippen LogP contribution in [0.2, 0.25) is 0 Å². The minimum atomic E-state index is -0.205. The fraction of sp³-hybridized carbons (Fsp3) is 0.167. The number of hydrogen-bond acceptors (Lipinski definition) is 2. The van der Waals surface area contributed by atoms with Crippen LogP contribution < -0.4 is 10.6 Å². The van der Waals surface area contributed by atoms with Crippen LogP contribution >= 0.6 is 0 Å². The highest BCUT2D eigenvalue weighted by Gasteiger charge is 2.29. The van der Waals surface area contributed by atoms with Crippen molar-refractivity contribution in [1.82, 2.24) is 10.3 Å². The zero-order valence-corrected chi connectivity index (χ0v) is 32.9. The van der Waals surface area contributed by atoms with Crippen LogP contribution in [0, 0.1) is 5.82 Å². The molecule has 2 heterocycles. The van der Waals surface area contributed by atoms with Crippen LogP contribution in [0.3, 0.4) is 0 Å². The molecule has 1 saturated heterocycles. The van der Waals surface area contributed by atoms with Crippen molar-refractivity contribution in [3.05, 3.63) is 225 Å². The van der Waals surface area contributed by atoms with E-state index in [4.69, 9.17) is 10.3 Å². The number of pyridine rings is 1. The number of fused-ring (bicyclic) bond motifs is 8. The van der Waals surface area contributed by atoms with Crippen molar-refractivity contribution >= 4 is 44.8 Å². The number of nitrogens with two attached hydrogens (primary N) is 1. The first-order valence-corrected chi connectivity index (χ1v) is 21.1. The molecule has 4 unspecified atom stereocenters. The molecule has 4 atom stereocenters. The molecule has 3 N–H and O–H groups in total. The second kappa shape index (κ2) is 15.2. The molecule has 7 aromatic rings. The standard InChI is InChI=1S/C54H44FN4/c55-42-30-27-35(28-31-42)34-19-23-37(24-20-34)51-50-46-18-10-8-16-44(46)43-15-7-9-17-45(43)49(50)47-32-29-41(33-48(47)56-51)36-21-25-40(26-22-36)54-58-52(38-11-3-1-4-12-38)57-53(59-54)39-13-5-2-6-14-39/h1-6,8-14,16-19,21-23,25-32,41,52-54,58-59H,7,15,20,24,33H2/q-1/p+1. The maximum atomic E-state index is 13.8. The van der Waals surface area contributed by atoms with Gasteiger partial charge < -0.3 is 10.6 Å². The first-order chi connectivity index (χ1) is 29.1. The summed E-state index contributed by atoms with van der Waals surface area (Å²) in [4.78, 5) is 5.67. The molecule has 6 aromatic carbocycles. The van der Waals surface area contributed by atoms with E-state index in [0.29, 0.717) is 0 Å². The van der Waals surface area contributed by atoms with Gasteiger partial charge in [-0.15, -0.1) is 0 Å². The van der Waals surface area contributed by atoms with Gasteiger partial charge in [0.1, 0.15) is 5.82 Å². The summed E-state index contributed by atoms with van der Waals surface area (Å²) in [5.74, 6) is 0.00241. The van der Waals surface area contributed by atoms with Gasteiger partial charge in [-0.3, -0.25) is 10.3 Å². The van der Waals surface area contributed by atoms with E-state index in [9.17, 15) is 4.39 Å². The molecule has 0 radical (unpaired) electrons. The Morgan fingerprint density at radius 1 is 0.627 bits per heavy atom. The normalized spacial score (nSPS) is 21.2. The lowest BCUT2D eigenvalue weighted by Gasteiger charge is -2.47. The molecule has 5 heteroatoms. The number of halogens is 1. The summed E-state index contributed by atoms with van der Waals surface area (Å²) < 4.78 is 13.8. The van der Waals surface area contributed by atoms with Crippen LogP contribution in [0.15, 0.2) is 158 Å². The van der Waals surface area contributed by atoms with E-state index < -0.39 is 0 Å². The Balaban J connectivity index is 0.963. The van der Waals surface area contributed by atoms with Gasteiger partial charge in [-0.05, 0) is 93.7 Å². The topological polar surface area (TPSA) is 55.6 Å². The Kier molecular flexibility index (Phi) is 9.23. The maximum Gasteiger partial charge on any atom is 0.164 e. The Labute approximate surface area is 344 Å². The number of nitrogens with one attached hydrogen (secondary N) is 1. The van der Waals surface area contributed by atoms with Gasteiger partial charge in [0, 0.05) is 46.1 Å². The number of aromatic nitrogens is 1. The average Bonchev–Trinajstić information content (AvgIpc) is 3.32. The van der Waals surface area contributed by atoms with E-state index in [1.54, 1.807) is 12.1 Å². The molecule has 0 amide bonds. The van der Waals surface area contributed by atoms with Gasteiger partial charge in [0.15, 0.2) is 6.17 Å². The minimum Gasteiger partial charge on any atom is -0.587 e. The van der Waals surface area contributed by atoms with Crippen LogP contribution in [-0.2, 0) is 12.8 Å². The lowest BCUT2D eigenvalue weighted by molar-refractivity contribution is -0.740.